The first kappa shape index (κ1) is 13.7. The lowest BCUT2D eigenvalue weighted by molar-refractivity contribution is -0.137. The van der Waals surface area contributed by atoms with Crippen molar-refractivity contribution in [2.24, 2.45) is 0 Å². The predicted octanol–water partition coefficient (Wildman–Crippen LogP) is 5.19. The quantitative estimate of drug-likeness (QED) is 0.766. The fourth-order valence-electron chi connectivity index (χ4n) is 1.66. The smallest absolute Gasteiger partial charge is 0.355 e. The third kappa shape index (κ3) is 3.41. The Morgan fingerprint density at radius 2 is 1.58 bits per heavy atom. The Bertz CT molecular complexity index is 549. The van der Waals surface area contributed by atoms with Crippen LogP contribution in [-0.2, 0) is 12.1 Å². The van der Waals surface area contributed by atoms with Gasteiger partial charge in [0.15, 0.2) is 0 Å². The average molecular weight is 286 g/mol. The highest BCUT2D eigenvalue weighted by Gasteiger charge is 2.29. The van der Waals surface area contributed by atoms with Crippen molar-refractivity contribution in [1.82, 2.24) is 0 Å². The molecule has 0 aromatic heterocycles. The van der Waals surface area contributed by atoms with Gasteiger partial charge in [0.25, 0.3) is 0 Å². The van der Waals surface area contributed by atoms with Gasteiger partial charge in [-0.25, -0.2) is 0 Å². The fourth-order valence-corrected chi connectivity index (χ4v) is 1.89. The van der Waals surface area contributed by atoms with Crippen molar-refractivity contribution in [3.8, 4) is 0 Å². The Balaban J connectivity index is 2.20. The van der Waals surface area contributed by atoms with Gasteiger partial charge in [-0.15, -0.1) is 11.6 Å². The Morgan fingerprint density at radius 3 is 2.16 bits per heavy atom. The Labute approximate surface area is 114 Å². The van der Waals surface area contributed by atoms with E-state index in [1.807, 2.05) is 24.3 Å². The lowest BCUT2D eigenvalue weighted by atomic mass is 10.1. The van der Waals surface area contributed by atoms with Crippen molar-refractivity contribution in [3.05, 3.63) is 59.7 Å². The number of para-hydroxylation sites is 1. The molecule has 0 bridgehead atoms. The highest BCUT2D eigenvalue weighted by Crippen LogP contribution is 2.30. The van der Waals surface area contributed by atoms with Crippen LogP contribution in [0.5, 0.6) is 0 Å². The molecule has 19 heavy (non-hydrogen) atoms. The SMILES string of the molecule is FC(F)(F)c1ccc(Nc2ccccc2CCl)cc1. The second kappa shape index (κ2) is 5.53. The van der Waals surface area contributed by atoms with E-state index >= 15 is 0 Å². The second-order valence-corrected chi connectivity index (χ2v) is 4.26. The van der Waals surface area contributed by atoms with Gasteiger partial charge in [0, 0.05) is 17.3 Å². The zero-order valence-electron chi connectivity index (χ0n) is 9.84. The number of halogens is 4. The molecule has 100 valence electrons. The molecule has 0 aliphatic carbocycles. The summed E-state index contributed by atoms with van der Waals surface area (Å²) in [4.78, 5) is 0. The highest BCUT2D eigenvalue weighted by atomic mass is 35.5. The Morgan fingerprint density at radius 1 is 0.947 bits per heavy atom. The molecule has 0 fully saturated rings. The molecule has 0 unspecified atom stereocenters. The van der Waals surface area contributed by atoms with Crippen LogP contribution in [-0.4, -0.2) is 0 Å². The van der Waals surface area contributed by atoms with Crippen molar-refractivity contribution < 1.29 is 13.2 Å². The van der Waals surface area contributed by atoms with E-state index in [1.165, 1.54) is 12.1 Å². The van der Waals surface area contributed by atoms with Crippen molar-refractivity contribution in [3.63, 3.8) is 0 Å². The fraction of sp³-hybridized carbons (Fsp3) is 0.143. The van der Waals surface area contributed by atoms with E-state index in [9.17, 15) is 13.2 Å². The van der Waals surface area contributed by atoms with E-state index in [-0.39, 0.29) is 0 Å². The van der Waals surface area contributed by atoms with Crippen LogP contribution in [0.3, 0.4) is 0 Å². The van der Waals surface area contributed by atoms with Gasteiger partial charge in [-0.05, 0) is 35.9 Å². The largest absolute Gasteiger partial charge is 0.416 e. The summed E-state index contributed by atoms with van der Waals surface area (Å²) in [6.45, 7) is 0. The molecule has 0 amide bonds. The number of alkyl halides is 4. The third-order valence-corrected chi connectivity index (χ3v) is 2.94. The summed E-state index contributed by atoms with van der Waals surface area (Å²) < 4.78 is 37.3. The maximum atomic E-state index is 12.4. The van der Waals surface area contributed by atoms with E-state index in [1.54, 1.807) is 0 Å². The van der Waals surface area contributed by atoms with Gasteiger partial charge in [0.1, 0.15) is 0 Å². The summed E-state index contributed by atoms with van der Waals surface area (Å²) in [7, 11) is 0. The first-order valence-corrected chi connectivity index (χ1v) is 6.12. The number of anilines is 2. The van der Waals surface area contributed by atoms with Crippen LogP contribution in [0.2, 0.25) is 0 Å². The molecule has 0 radical (unpaired) electrons. The first-order valence-electron chi connectivity index (χ1n) is 5.59. The topological polar surface area (TPSA) is 12.0 Å². The summed E-state index contributed by atoms with van der Waals surface area (Å²) in [5, 5.41) is 3.05. The lowest BCUT2D eigenvalue weighted by Crippen LogP contribution is -2.04. The van der Waals surface area contributed by atoms with E-state index in [0.29, 0.717) is 11.6 Å². The molecule has 0 aliphatic rings. The summed E-state index contributed by atoms with van der Waals surface area (Å²) in [6, 6.07) is 12.3. The van der Waals surface area contributed by atoms with Crippen LogP contribution in [0.4, 0.5) is 24.5 Å². The molecule has 1 nitrogen and oxygen atoms in total. The van der Waals surface area contributed by atoms with Gasteiger partial charge >= 0.3 is 6.18 Å². The van der Waals surface area contributed by atoms with E-state index in [4.69, 9.17) is 11.6 Å². The number of rotatable bonds is 3. The van der Waals surface area contributed by atoms with Gasteiger partial charge < -0.3 is 5.32 Å². The van der Waals surface area contributed by atoms with Crippen molar-refractivity contribution in [1.29, 1.82) is 0 Å². The molecule has 2 aromatic carbocycles. The minimum absolute atomic E-state index is 0.337. The van der Waals surface area contributed by atoms with E-state index < -0.39 is 11.7 Å². The molecular formula is C14H11ClF3N. The monoisotopic (exact) mass is 285 g/mol. The van der Waals surface area contributed by atoms with Crippen LogP contribution >= 0.6 is 11.6 Å². The Hall–Kier alpha value is -1.68. The van der Waals surface area contributed by atoms with Crippen molar-refractivity contribution in [2.75, 3.05) is 5.32 Å². The summed E-state index contributed by atoms with van der Waals surface area (Å²) in [5.41, 5.74) is 1.61. The maximum absolute atomic E-state index is 12.4. The molecule has 1 N–H and O–H groups in total. The van der Waals surface area contributed by atoms with Crippen LogP contribution in [0, 0.1) is 0 Å². The number of nitrogens with one attached hydrogen (secondary N) is 1. The predicted molar refractivity (Wildman–Crippen MR) is 70.7 cm³/mol. The van der Waals surface area contributed by atoms with Gasteiger partial charge in [-0.1, -0.05) is 18.2 Å². The van der Waals surface area contributed by atoms with Crippen LogP contribution in [0.25, 0.3) is 0 Å². The molecule has 2 aromatic rings. The Kier molecular flexibility index (Phi) is 4.00. The van der Waals surface area contributed by atoms with Gasteiger partial charge in [-0.2, -0.15) is 13.2 Å². The summed E-state index contributed by atoms with van der Waals surface area (Å²) >= 11 is 5.79. The zero-order valence-corrected chi connectivity index (χ0v) is 10.6. The van der Waals surface area contributed by atoms with E-state index in [0.717, 1.165) is 23.4 Å². The zero-order chi connectivity index (χ0) is 13.9. The lowest BCUT2D eigenvalue weighted by Gasteiger charge is -2.11. The van der Waals surface area contributed by atoms with Gasteiger partial charge in [0.05, 0.1) is 5.56 Å². The number of benzene rings is 2. The van der Waals surface area contributed by atoms with Crippen molar-refractivity contribution in [2.45, 2.75) is 12.1 Å². The number of hydrogen-bond acceptors (Lipinski definition) is 1. The minimum Gasteiger partial charge on any atom is -0.355 e. The van der Waals surface area contributed by atoms with Crippen molar-refractivity contribution >= 4 is 23.0 Å². The molecule has 0 aliphatic heterocycles. The second-order valence-electron chi connectivity index (χ2n) is 3.99. The normalized spacial score (nSPS) is 11.4. The molecular weight excluding hydrogens is 275 g/mol. The molecule has 0 saturated carbocycles. The molecule has 0 heterocycles. The number of hydrogen-bond donors (Lipinski definition) is 1. The van der Waals surface area contributed by atoms with Crippen LogP contribution in [0.15, 0.2) is 48.5 Å². The highest BCUT2D eigenvalue weighted by molar-refractivity contribution is 6.17. The molecule has 0 saturated heterocycles. The maximum Gasteiger partial charge on any atom is 0.416 e. The minimum atomic E-state index is -4.31. The molecule has 2 rings (SSSR count). The van der Waals surface area contributed by atoms with Gasteiger partial charge in [-0.3, -0.25) is 0 Å². The van der Waals surface area contributed by atoms with Gasteiger partial charge in [0.2, 0.25) is 0 Å². The molecule has 0 spiro atoms. The standard InChI is InChI=1S/C14H11ClF3N/c15-9-10-3-1-2-4-13(10)19-12-7-5-11(6-8-12)14(16,17)18/h1-8,19H,9H2. The summed E-state index contributed by atoms with van der Waals surface area (Å²) in [6.07, 6.45) is -4.31. The molecule has 5 heteroatoms. The third-order valence-electron chi connectivity index (χ3n) is 2.65. The summed E-state index contributed by atoms with van der Waals surface area (Å²) in [5.74, 6) is 0.337. The van der Waals surface area contributed by atoms with E-state index in [2.05, 4.69) is 5.32 Å². The first-order chi connectivity index (χ1) is 9.00. The average Bonchev–Trinajstić information content (AvgIpc) is 2.39. The van der Waals surface area contributed by atoms with Crippen LogP contribution in [0.1, 0.15) is 11.1 Å². The van der Waals surface area contributed by atoms with Crippen LogP contribution < -0.4 is 5.32 Å². The molecule has 0 atom stereocenters.